The first kappa shape index (κ1) is 20.2. The molecule has 158 valence electrons. The third-order valence-electron chi connectivity index (χ3n) is 6.13. The lowest BCUT2D eigenvalue weighted by molar-refractivity contribution is -0.163. The van der Waals surface area contributed by atoms with Crippen LogP contribution in [-0.4, -0.2) is 86.9 Å². The number of rotatable bonds is 6. The van der Waals surface area contributed by atoms with Crippen molar-refractivity contribution < 1.29 is 29.4 Å². The number of hydrogen-bond acceptors (Lipinski definition) is 7. The number of aliphatic hydroxyl groups is 1. The molecular weight excluding hydrogens is 400 g/mol. The van der Waals surface area contributed by atoms with Crippen LogP contribution in [0, 0.1) is 11.8 Å². The number of aliphatic carboxylic acids is 1. The molecule has 4 N–H and O–H groups in total. The molecule has 4 amide bonds. The molecule has 3 saturated heterocycles. The van der Waals surface area contributed by atoms with Crippen LogP contribution in [0.3, 0.4) is 0 Å². The summed E-state index contributed by atoms with van der Waals surface area (Å²) >= 11 is 1.44. The lowest BCUT2D eigenvalue weighted by Crippen LogP contribution is -2.63. The van der Waals surface area contributed by atoms with Gasteiger partial charge in [0.2, 0.25) is 11.8 Å². The molecule has 6 atom stereocenters. The Hall–Kier alpha value is -2.11. The van der Waals surface area contributed by atoms with Crippen molar-refractivity contribution in [2.24, 2.45) is 11.8 Å². The summed E-state index contributed by atoms with van der Waals surface area (Å²) in [5.41, 5.74) is 0.0203. The topological polar surface area (TPSA) is 139 Å². The Morgan fingerprint density at radius 3 is 2.66 bits per heavy atom. The van der Waals surface area contributed by atoms with Crippen LogP contribution in [-0.2, 0) is 14.4 Å². The van der Waals surface area contributed by atoms with Gasteiger partial charge in [-0.2, -0.15) is 0 Å². The first-order valence-corrected chi connectivity index (χ1v) is 10.6. The monoisotopic (exact) mass is 424 g/mol. The smallest absolute Gasteiger partial charge is 0.353 e. The van der Waals surface area contributed by atoms with Gasteiger partial charge in [-0.25, -0.2) is 9.59 Å². The molecule has 0 aromatic heterocycles. The average molecular weight is 424 g/mol. The highest BCUT2D eigenvalue weighted by molar-refractivity contribution is 8.03. The van der Waals surface area contributed by atoms with Crippen molar-refractivity contribution in [2.45, 2.75) is 43.7 Å². The third kappa shape index (κ3) is 3.21. The minimum Gasteiger partial charge on any atom is -0.477 e. The molecule has 11 heteroatoms. The molecule has 10 nitrogen and oxygen atoms in total. The molecule has 0 radical (unpaired) electrons. The van der Waals surface area contributed by atoms with Gasteiger partial charge in [-0.15, -0.1) is 11.8 Å². The fraction of sp³-hybridized carbons (Fsp3) is 0.667. The predicted molar refractivity (Wildman–Crippen MR) is 103 cm³/mol. The second-order valence-electron chi connectivity index (χ2n) is 8.02. The number of carbonyl (C=O) groups excluding carboxylic acids is 3. The molecule has 0 aliphatic carbocycles. The number of amides is 4. The largest absolute Gasteiger partial charge is 0.477 e. The maximum absolute atomic E-state index is 12.4. The van der Waals surface area contributed by atoms with Crippen molar-refractivity contribution in [2.75, 3.05) is 19.6 Å². The third-order valence-corrected chi connectivity index (χ3v) is 7.64. The summed E-state index contributed by atoms with van der Waals surface area (Å²) < 4.78 is 0. The van der Waals surface area contributed by atoms with E-state index >= 15 is 0 Å². The summed E-state index contributed by atoms with van der Waals surface area (Å²) in [4.78, 5) is 50.9. The van der Waals surface area contributed by atoms with Crippen LogP contribution < -0.4 is 10.6 Å². The quantitative estimate of drug-likeness (QED) is 0.320. The van der Waals surface area contributed by atoms with Gasteiger partial charge >= 0.3 is 12.0 Å². The summed E-state index contributed by atoms with van der Waals surface area (Å²) in [7, 11) is 0. The number of aliphatic hydroxyl groups excluding tert-OH is 1. The van der Waals surface area contributed by atoms with Crippen LogP contribution in [0.5, 0.6) is 0 Å². The maximum Gasteiger partial charge on any atom is 0.353 e. The highest BCUT2D eigenvalue weighted by Crippen LogP contribution is 2.51. The molecular formula is C18H24N4O6S. The summed E-state index contributed by atoms with van der Waals surface area (Å²) in [6.07, 6.45) is -0.157. The van der Waals surface area contributed by atoms with Crippen LogP contribution in [0.1, 0.15) is 20.3 Å². The van der Waals surface area contributed by atoms with Crippen molar-refractivity contribution in [1.29, 1.82) is 0 Å². The van der Waals surface area contributed by atoms with E-state index in [0.717, 1.165) is 0 Å². The van der Waals surface area contributed by atoms with E-state index in [1.807, 2.05) is 6.92 Å². The Balaban J connectivity index is 1.45. The molecule has 4 rings (SSSR count). The summed E-state index contributed by atoms with van der Waals surface area (Å²) in [5, 5.41) is 25.5. The summed E-state index contributed by atoms with van der Waals surface area (Å²) in [5.74, 6) is -2.48. The Labute approximate surface area is 171 Å². The zero-order chi connectivity index (χ0) is 21.0. The highest BCUT2D eigenvalue weighted by atomic mass is 32.2. The van der Waals surface area contributed by atoms with Gasteiger partial charge in [0.25, 0.3) is 0 Å². The molecule has 0 unspecified atom stereocenters. The lowest BCUT2D eigenvalue weighted by atomic mass is 9.79. The van der Waals surface area contributed by atoms with E-state index in [4.69, 9.17) is 0 Å². The number of hydrogen-bond donors (Lipinski definition) is 4. The van der Waals surface area contributed by atoms with Gasteiger partial charge in [-0.1, -0.05) is 6.92 Å². The average Bonchev–Trinajstić information content (AvgIpc) is 3.28. The number of nitrogens with one attached hydrogen (secondary N) is 2. The molecule has 0 saturated carbocycles. The Morgan fingerprint density at radius 2 is 2.07 bits per heavy atom. The van der Waals surface area contributed by atoms with E-state index in [1.54, 1.807) is 6.92 Å². The van der Waals surface area contributed by atoms with Crippen molar-refractivity contribution in [1.82, 2.24) is 20.4 Å². The number of fused-ring (bicyclic) bond motifs is 1. The molecule has 4 aliphatic rings. The molecule has 0 bridgehead atoms. The van der Waals surface area contributed by atoms with Crippen molar-refractivity contribution >= 4 is 35.6 Å². The molecule has 29 heavy (non-hydrogen) atoms. The van der Waals surface area contributed by atoms with Gasteiger partial charge in [0.05, 0.1) is 24.6 Å². The number of carboxylic acids is 1. The van der Waals surface area contributed by atoms with Gasteiger partial charge in [-0.05, 0) is 13.3 Å². The van der Waals surface area contributed by atoms with Crippen LogP contribution in [0.15, 0.2) is 10.6 Å². The summed E-state index contributed by atoms with van der Waals surface area (Å²) in [6.45, 7) is 4.36. The van der Waals surface area contributed by atoms with Crippen LogP contribution in [0.25, 0.3) is 0 Å². The zero-order valence-electron chi connectivity index (χ0n) is 16.1. The predicted octanol–water partition coefficient (Wildman–Crippen LogP) is -0.844. The van der Waals surface area contributed by atoms with Gasteiger partial charge in [-0.3, -0.25) is 14.5 Å². The molecule has 3 fully saturated rings. The number of nitrogens with zero attached hydrogens (tertiary/aromatic N) is 2. The van der Waals surface area contributed by atoms with E-state index in [9.17, 15) is 29.4 Å². The molecule has 4 aliphatic heterocycles. The number of carbonyl (C=O) groups is 4. The lowest BCUT2D eigenvalue weighted by Gasteiger charge is -2.46. The van der Waals surface area contributed by atoms with E-state index < -0.39 is 18.0 Å². The second kappa shape index (κ2) is 7.29. The number of imide groups is 1. The first-order chi connectivity index (χ1) is 13.7. The zero-order valence-corrected chi connectivity index (χ0v) is 16.9. The molecule has 0 aromatic carbocycles. The molecule has 0 aromatic rings. The SMILES string of the molecule is C[C@@H](O)[C@H]1C(=O)N2C(C(=O)O)=C(S[C@@H]3CN[C@H](CN4C(=O)CNC4=O)C3)[C@H](C)[C@H]12. The maximum atomic E-state index is 12.4. The van der Waals surface area contributed by atoms with E-state index in [-0.39, 0.29) is 59.9 Å². The fourth-order valence-corrected chi connectivity index (χ4v) is 6.25. The number of urea groups is 1. The standard InChI is InChI=1S/C18H24N4O6S/c1-7-13-12(8(2)23)16(25)22(13)14(17(26)27)15(7)29-10-3-9(19-4-10)6-21-11(24)5-20-18(21)28/h7-10,12-13,19,23H,3-6H2,1-2H3,(H,20,28)(H,26,27)/t7-,8-,9+,10+,12-,13-/m1/s1. The molecule has 4 heterocycles. The van der Waals surface area contributed by atoms with Crippen LogP contribution in [0.2, 0.25) is 0 Å². The van der Waals surface area contributed by atoms with Crippen LogP contribution in [0.4, 0.5) is 4.79 Å². The van der Waals surface area contributed by atoms with E-state index in [1.165, 1.54) is 21.6 Å². The van der Waals surface area contributed by atoms with Crippen LogP contribution >= 0.6 is 11.8 Å². The van der Waals surface area contributed by atoms with E-state index in [2.05, 4.69) is 10.6 Å². The number of β-lactam (4-membered cyclic amide) rings is 1. The van der Waals surface area contributed by atoms with Crippen molar-refractivity contribution in [3.05, 3.63) is 10.6 Å². The highest BCUT2D eigenvalue weighted by Gasteiger charge is 2.60. The van der Waals surface area contributed by atoms with E-state index in [0.29, 0.717) is 17.9 Å². The second-order valence-corrected chi connectivity index (χ2v) is 9.36. The van der Waals surface area contributed by atoms with Gasteiger partial charge in [0.1, 0.15) is 5.70 Å². The normalized spacial score (nSPS) is 35.1. The minimum absolute atomic E-state index is 0.0196. The van der Waals surface area contributed by atoms with Gasteiger partial charge < -0.3 is 25.7 Å². The van der Waals surface area contributed by atoms with Gasteiger partial charge in [0.15, 0.2) is 0 Å². The molecule has 0 spiro atoms. The van der Waals surface area contributed by atoms with Crippen molar-refractivity contribution in [3.8, 4) is 0 Å². The fourth-order valence-electron chi connectivity index (χ4n) is 4.73. The number of carboxylic acid groups (broad SMARTS) is 1. The Kier molecular flexibility index (Phi) is 5.07. The van der Waals surface area contributed by atoms with Gasteiger partial charge in [0, 0.05) is 35.2 Å². The Morgan fingerprint density at radius 1 is 1.34 bits per heavy atom. The minimum atomic E-state index is -1.14. The first-order valence-electron chi connectivity index (χ1n) is 9.67. The Bertz CT molecular complexity index is 798. The van der Waals surface area contributed by atoms with Crippen molar-refractivity contribution in [3.63, 3.8) is 0 Å². The number of thioether (sulfide) groups is 1. The summed E-state index contributed by atoms with van der Waals surface area (Å²) in [6, 6.07) is -0.776.